The van der Waals surface area contributed by atoms with Crippen molar-refractivity contribution in [2.75, 3.05) is 27.3 Å². The number of nitrogens with zero attached hydrogens (tertiary/aromatic N) is 2. The van der Waals surface area contributed by atoms with Crippen molar-refractivity contribution < 1.29 is 14.6 Å². The number of aryl methyl sites for hydroxylation is 1. The zero-order chi connectivity index (χ0) is 19.0. The first kappa shape index (κ1) is 18.5. The molecule has 26 heavy (non-hydrogen) atoms. The number of aliphatic hydroxyl groups is 1. The molecule has 6 nitrogen and oxygen atoms in total. The van der Waals surface area contributed by atoms with Gasteiger partial charge in [-0.2, -0.15) is 0 Å². The summed E-state index contributed by atoms with van der Waals surface area (Å²) in [5, 5.41) is 9.52. The minimum atomic E-state index is -0.248. The maximum absolute atomic E-state index is 12.1. The number of ether oxygens (including phenoxy) is 2. The molecular formula is C20H26N2O4. The molecule has 1 aromatic heterocycles. The van der Waals surface area contributed by atoms with E-state index in [2.05, 4.69) is 4.90 Å². The van der Waals surface area contributed by atoms with E-state index in [1.807, 2.05) is 32.0 Å². The second kappa shape index (κ2) is 7.13. The molecule has 1 N–H and O–H groups in total. The minimum Gasteiger partial charge on any atom is -0.496 e. The Hall–Kier alpha value is -2.31. The molecule has 1 fully saturated rings. The number of methoxy groups -OCH3 is 2. The predicted octanol–water partition coefficient (Wildman–Crippen LogP) is 1.86. The van der Waals surface area contributed by atoms with Crippen LogP contribution in [0.2, 0.25) is 0 Å². The van der Waals surface area contributed by atoms with E-state index in [4.69, 9.17) is 9.47 Å². The van der Waals surface area contributed by atoms with E-state index in [-0.39, 0.29) is 11.7 Å². The fraction of sp³-hybridized carbons (Fsp3) is 0.450. The monoisotopic (exact) mass is 358 g/mol. The lowest BCUT2D eigenvalue weighted by Crippen LogP contribution is -2.49. The molecule has 0 spiro atoms. The third-order valence-electron chi connectivity index (χ3n) is 5.13. The van der Waals surface area contributed by atoms with Gasteiger partial charge in [0.1, 0.15) is 11.5 Å². The first-order valence-electron chi connectivity index (χ1n) is 8.68. The van der Waals surface area contributed by atoms with Crippen LogP contribution in [0.15, 0.2) is 23.0 Å². The zero-order valence-corrected chi connectivity index (χ0v) is 16.0. The number of hydrogen-bond donors (Lipinski definition) is 1. The van der Waals surface area contributed by atoms with E-state index in [0.29, 0.717) is 25.2 Å². The third-order valence-corrected chi connectivity index (χ3v) is 5.13. The Labute approximate surface area is 153 Å². The third kappa shape index (κ3) is 3.22. The second-order valence-corrected chi connectivity index (χ2v) is 6.90. The van der Waals surface area contributed by atoms with Gasteiger partial charge in [0.05, 0.1) is 25.9 Å². The number of hydrogen-bond acceptors (Lipinski definition) is 5. The van der Waals surface area contributed by atoms with Crippen molar-refractivity contribution in [3.05, 3.63) is 45.4 Å². The average molecular weight is 358 g/mol. The van der Waals surface area contributed by atoms with Gasteiger partial charge in [0.25, 0.3) is 5.56 Å². The molecule has 1 aliphatic heterocycles. The molecule has 2 aromatic rings. The molecule has 0 unspecified atom stereocenters. The van der Waals surface area contributed by atoms with E-state index < -0.39 is 0 Å². The number of benzene rings is 1. The SMILES string of the molecule is COc1cc(-c2cc(C)c(=O)n(C)c2C)cc(OC)c1CN1CC(O)C1. The lowest BCUT2D eigenvalue weighted by atomic mass is 9.98. The molecule has 1 saturated heterocycles. The summed E-state index contributed by atoms with van der Waals surface area (Å²) in [6, 6.07) is 5.89. The number of aromatic nitrogens is 1. The van der Waals surface area contributed by atoms with E-state index in [1.165, 1.54) is 0 Å². The van der Waals surface area contributed by atoms with Crippen LogP contribution in [0.4, 0.5) is 0 Å². The Bertz CT molecular complexity index is 857. The van der Waals surface area contributed by atoms with Gasteiger partial charge in [-0.05, 0) is 37.6 Å². The van der Waals surface area contributed by atoms with Gasteiger partial charge < -0.3 is 19.1 Å². The summed E-state index contributed by atoms with van der Waals surface area (Å²) in [5.41, 5.74) is 4.49. The molecule has 0 aliphatic carbocycles. The Morgan fingerprint density at radius 2 is 1.69 bits per heavy atom. The highest BCUT2D eigenvalue weighted by Crippen LogP contribution is 2.37. The fourth-order valence-electron chi connectivity index (χ4n) is 3.46. The standard InChI is InChI=1S/C20H26N2O4/c1-12-6-16(13(2)21(3)20(12)24)14-7-18(25-4)17(19(8-14)26-5)11-22-9-15(23)10-22/h6-8,15,23H,9-11H2,1-5H3. The van der Waals surface area contributed by atoms with E-state index in [1.54, 1.807) is 25.8 Å². The van der Waals surface area contributed by atoms with Gasteiger partial charge in [-0.25, -0.2) is 0 Å². The Kier molecular flexibility index (Phi) is 5.07. The van der Waals surface area contributed by atoms with Crippen molar-refractivity contribution in [2.45, 2.75) is 26.5 Å². The maximum Gasteiger partial charge on any atom is 0.253 e. The number of likely N-dealkylation sites (tertiary alicyclic amines) is 1. The molecule has 0 radical (unpaired) electrons. The van der Waals surface area contributed by atoms with Crippen molar-refractivity contribution in [3.8, 4) is 22.6 Å². The van der Waals surface area contributed by atoms with Gasteiger partial charge in [-0.15, -0.1) is 0 Å². The molecular weight excluding hydrogens is 332 g/mol. The maximum atomic E-state index is 12.1. The quantitative estimate of drug-likeness (QED) is 0.884. The highest BCUT2D eigenvalue weighted by atomic mass is 16.5. The Morgan fingerprint density at radius 3 is 2.19 bits per heavy atom. The Balaban J connectivity index is 2.09. The van der Waals surface area contributed by atoms with Crippen LogP contribution in [0.25, 0.3) is 11.1 Å². The van der Waals surface area contributed by atoms with Crippen LogP contribution < -0.4 is 15.0 Å². The van der Waals surface area contributed by atoms with Crippen LogP contribution in [0.1, 0.15) is 16.8 Å². The molecule has 0 bridgehead atoms. The average Bonchev–Trinajstić information content (AvgIpc) is 2.61. The molecule has 0 atom stereocenters. The first-order valence-corrected chi connectivity index (χ1v) is 8.68. The molecule has 0 saturated carbocycles. The number of rotatable bonds is 5. The van der Waals surface area contributed by atoms with Crippen LogP contribution in [0.3, 0.4) is 0 Å². The van der Waals surface area contributed by atoms with Crippen LogP contribution in [-0.2, 0) is 13.6 Å². The van der Waals surface area contributed by atoms with Crippen LogP contribution >= 0.6 is 0 Å². The molecule has 1 aliphatic rings. The van der Waals surface area contributed by atoms with Crippen LogP contribution in [-0.4, -0.2) is 48.0 Å². The highest BCUT2D eigenvalue weighted by molar-refractivity contribution is 5.71. The summed E-state index contributed by atoms with van der Waals surface area (Å²) in [6.45, 7) is 5.74. The summed E-state index contributed by atoms with van der Waals surface area (Å²) >= 11 is 0. The number of pyridine rings is 1. The van der Waals surface area contributed by atoms with E-state index in [0.717, 1.165) is 33.9 Å². The van der Waals surface area contributed by atoms with Gasteiger partial charge >= 0.3 is 0 Å². The van der Waals surface area contributed by atoms with Gasteiger partial charge in [-0.3, -0.25) is 9.69 Å². The first-order chi connectivity index (χ1) is 12.3. The van der Waals surface area contributed by atoms with Gasteiger partial charge in [0.2, 0.25) is 0 Å². The summed E-state index contributed by atoms with van der Waals surface area (Å²) in [5.74, 6) is 1.48. The second-order valence-electron chi connectivity index (χ2n) is 6.90. The number of β-amino-alcohol motifs (C(OH)–C–C–N with tert-alkyl or cyclic N) is 1. The van der Waals surface area contributed by atoms with Gasteiger partial charge in [0, 0.05) is 43.5 Å². The summed E-state index contributed by atoms with van der Waals surface area (Å²) in [6.07, 6.45) is -0.248. The summed E-state index contributed by atoms with van der Waals surface area (Å²) in [7, 11) is 5.07. The molecule has 6 heteroatoms. The lowest BCUT2D eigenvalue weighted by Gasteiger charge is -2.36. The summed E-state index contributed by atoms with van der Waals surface area (Å²) in [4.78, 5) is 14.3. The van der Waals surface area contributed by atoms with Crippen molar-refractivity contribution in [1.29, 1.82) is 0 Å². The Morgan fingerprint density at radius 1 is 1.12 bits per heavy atom. The van der Waals surface area contributed by atoms with Gasteiger partial charge in [-0.1, -0.05) is 0 Å². The molecule has 1 aromatic carbocycles. The molecule has 0 amide bonds. The van der Waals surface area contributed by atoms with Crippen LogP contribution in [0.5, 0.6) is 11.5 Å². The normalized spacial score (nSPS) is 15.0. The highest BCUT2D eigenvalue weighted by Gasteiger charge is 2.27. The largest absolute Gasteiger partial charge is 0.496 e. The van der Waals surface area contributed by atoms with Crippen molar-refractivity contribution >= 4 is 0 Å². The molecule has 2 heterocycles. The molecule has 140 valence electrons. The van der Waals surface area contributed by atoms with Gasteiger partial charge in [0.15, 0.2) is 0 Å². The van der Waals surface area contributed by atoms with Crippen LogP contribution in [0, 0.1) is 13.8 Å². The molecule has 3 rings (SSSR count). The topological polar surface area (TPSA) is 63.9 Å². The van der Waals surface area contributed by atoms with Crippen molar-refractivity contribution in [1.82, 2.24) is 9.47 Å². The summed E-state index contributed by atoms with van der Waals surface area (Å²) < 4.78 is 12.9. The van der Waals surface area contributed by atoms with E-state index in [9.17, 15) is 9.90 Å². The van der Waals surface area contributed by atoms with Crippen molar-refractivity contribution in [2.24, 2.45) is 7.05 Å². The number of aliphatic hydroxyl groups excluding tert-OH is 1. The smallest absolute Gasteiger partial charge is 0.253 e. The minimum absolute atomic E-state index is 0.0122. The predicted molar refractivity (Wildman–Crippen MR) is 101 cm³/mol. The zero-order valence-electron chi connectivity index (χ0n) is 16.0. The lowest BCUT2D eigenvalue weighted by molar-refractivity contribution is -0.00358. The van der Waals surface area contributed by atoms with Crippen molar-refractivity contribution in [3.63, 3.8) is 0 Å². The van der Waals surface area contributed by atoms with E-state index >= 15 is 0 Å². The fourth-order valence-corrected chi connectivity index (χ4v) is 3.46.